The van der Waals surface area contributed by atoms with E-state index in [1.807, 2.05) is 12.1 Å². The third kappa shape index (κ3) is 3.06. The zero-order valence-corrected chi connectivity index (χ0v) is 10.1. The minimum Gasteiger partial charge on any atom is -0.174 e. The molecule has 0 atom stereocenters. The van der Waals surface area contributed by atoms with E-state index in [4.69, 9.17) is 0 Å². The molecule has 0 amide bonds. The summed E-state index contributed by atoms with van der Waals surface area (Å²) in [5, 5.41) is 1.22. The zero-order valence-electron chi connectivity index (χ0n) is 8.45. The van der Waals surface area contributed by atoms with Crippen LogP contribution < -0.4 is 0 Å². The van der Waals surface area contributed by atoms with Crippen LogP contribution in [0.2, 0.25) is 0 Å². The summed E-state index contributed by atoms with van der Waals surface area (Å²) in [4.78, 5) is 0. The minimum absolute atomic E-state index is 0.418. The molecule has 0 bridgehead atoms. The summed E-state index contributed by atoms with van der Waals surface area (Å²) in [6, 6.07) is 10.3. The molecule has 0 aliphatic heterocycles. The molecule has 0 radical (unpaired) electrons. The second-order valence-electron chi connectivity index (χ2n) is 3.23. The van der Waals surface area contributed by atoms with Gasteiger partial charge in [-0.05, 0) is 30.0 Å². The van der Waals surface area contributed by atoms with E-state index in [2.05, 4.69) is 18.2 Å². The van der Waals surface area contributed by atoms with Crippen LogP contribution in [0.3, 0.4) is 0 Å². The van der Waals surface area contributed by atoms with Gasteiger partial charge < -0.3 is 0 Å². The Balaban J connectivity index is 1.97. The fourth-order valence-electron chi connectivity index (χ4n) is 1.36. The Morgan fingerprint density at radius 3 is 2.88 bits per heavy atom. The number of halogens is 2. The number of hydrogen-bond acceptors (Lipinski definition) is 2. The number of fused-ring (bicyclic) bond motifs is 1. The minimum atomic E-state index is -1.59. The van der Waals surface area contributed by atoms with Gasteiger partial charge in [0.05, 0.1) is 4.21 Å². The summed E-state index contributed by atoms with van der Waals surface area (Å²) < 4.78 is 26.0. The maximum absolute atomic E-state index is 11.8. The van der Waals surface area contributed by atoms with Gasteiger partial charge in [0, 0.05) is 10.5 Å². The van der Waals surface area contributed by atoms with Gasteiger partial charge in [0.25, 0.3) is 6.08 Å². The normalized spacial score (nSPS) is 10.6. The Morgan fingerprint density at radius 2 is 2.12 bits per heavy atom. The van der Waals surface area contributed by atoms with E-state index in [1.165, 1.54) is 14.3 Å². The van der Waals surface area contributed by atoms with Crippen LogP contribution in [0.15, 0.2) is 46.7 Å². The molecule has 0 fully saturated rings. The molecule has 2 rings (SSSR count). The van der Waals surface area contributed by atoms with Gasteiger partial charge in [0.2, 0.25) is 0 Å². The standard InChI is InChI=1S/C12H10F2S2/c13-11(14)6-3-7-15-12-8-9-4-1-2-5-10(9)16-12/h1-2,4-6,8H,3,7H2. The average Bonchev–Trinajstić information content (AvgIpc) is 2.66. The van der Waals surface area contributed by atoms with E-state index in [0.717, 1.165) is 6.08 Å². The fourth-order valence-corrected chi connectivity index (χ4v) is 3.55. The van der Waals surface area contributed by atoms with Crippen molar-refractivity contribution >= 4 is 33.2 Å². The molecule has 16 heavy (non-hydrogen) atoms. The summed E-state index contributed by atoms with van der Waals surface area (Å²) in [5.74, 6) is 0.699. The quantitative estimate of drug-likeness (QED) is 0.537. The van der Waals surface area contributed by atoms with Crippen molar-refractivity contribution in [1.82, 2.24) is 0 Å². The van der Waals surface area contributed by atoms with Gasteiger partial charge >= 0.3 is 0 Å². The molecule has 4 heteroatoms. The van der Waals surface area contributed by atoms with E-state index in [0.29, 0.717) is 12.2 Å². The highest BCUT2D eigenvalue weighted by molar-refractivity contribution is 8.01. The fraction of sp³-hybridized carbons (Fsp3) is 0.167. The number of rotatable bonds is 4. The van der Waals surface area contributed by atoms with Crippen molar-refractivity contribution in [3.63, 3.8) is 0 Å². The first-order valence-electron chi connectivity index (χ1n) is 4.88. The molecule has 0 aliphatic carbocycles. The largest absolute Gasteiger partial charge is 0.266 e. The Labute approximate surface area is 101 Å². The molecular formula is C12H10F2S2. The summed E-state index contributed by atoms with van der Waals surface area (Å²) in [6.07, 6.45) is -0.196. The molecule has 0 nitrogen and oxygen atoms in total. The van der Waals surface area contributed by atoms with Crippen LogP contribution in [0.5, 0.6) is 0 Å². The monoisotopic (exact) mass is 256 g/mol. The molecule has 0 saturated heterocycles. The van der Waals surface area contributed by atoms with Crippen LogP contribution in [-0.4, -0.2) is 5.75 Å². The first kappa shape index (κ1) is 11.6. The maximum atomic E-state index is 11.8. The number of thioether (sulfide) groups is 1. The van der Waals surface area contributed by atoms with Gasteiger partial charge in [-0.15, -0.1) is 23.1 Å². The second kappa shape index (κ2) is 5.46. The molecule has 84 valence electrons. The number of thiophene rings is 1. The van der Waals surface area contributed by atoms with Crippen molar-refractivity contribution < 1.29 is 8.78 Å². The first-order chi connectivity index (χ1) is 7.75. The number of allylic oxidation sites excluding steroid dienone is 1. The summed E-state index contributed by atoms with van der Waals surface area (Å²) in [7, 11) is 0. The van der Waals surface area contributed by atoms with Crippen LogP contribution in [-0.2, 0) is 0 Å². The number of benzene rings is 1. The molecule has 0 aliphatic rings. The molecule has 1 heterocycles. The predicted molar refractivity (Wildman–Crippen MR) is 67.5 cm³/mol. The van der Waals surface area contributed by atoms with Crippen molar-refractivity contribution in [3.8, 4) is 0 Å². The Hall–Kier alpha value is -0.870. The third-order valence-corrected chi connectivity index (χ3v) is 4.42. The summed E-state index contributed by atoms with van der Waals surface area (Å²) >= 11 is 3.34. The zero-order chi connectivity index (χ0) is 11.4. The topological polar surface area (TPSA) is 0 Å². The smallest absolute Gasteiger partial charge is 0.174 e. The van der Waals surface area contributed by atoms with E-state index >= 15 is 0 Å². The van der Waals surface area contributed by atoms with Crippen LogP contribution in [0, 0.1) is 0 Å². The first-order valence-corrected chi connectivity index (χ1v) is 6.68. The van der Waals surface area contributed by atoms with Crippen LogP contribution in [0.25, 0.3) is 10.1 Å². The predicted octanol–water partition coefficient (Wildman–Crippen LogP) is 5.16. The van der Waals surface area contributed by atoms with Gasteiger partial charge in [-0.2, -0.15) is 8.78 Å². The van der Waals surface area contributed by atoms with Gasteiger partial charge in [-0.25, -0.2) is 0 Å². The maximum Gasteiger partial charge on any atom is 0.266 e. The highest BCUT2D eigenvalue weighted by atomic mass is 32.2. The Bertz CT molecular complexity index is 465. The second-order valence-corrected chi connectivity index (χ2v) is 5.71. The van der Waals surface area contributed by atoms with Crippen molar-refractivity contribution in [2.24, 2.45) is 0 Å². The van der Waals surface area contributed by atoms with Crippen molar-refractivity contribution in [1.29, 1.82) is 0 Å². The van der Waals surface area contributed by atoms with Crippen LogP contribution in [0.1, 0.15) is 6.42 Å². The van der Waals surface area contributed by atoms with E-state index in [-0.39, 0.29) is 0 Å². The molecule has 0 unspecified atom stereocenters. The molecule has 0 saturated carbocycles. The Kier molecular flexibility index (Phi) is 3.96. The van der Waals surface area contributed by atoms with Crippen molar-refractivity contribution in [2.45, 2.75) is 10.6 Å². The summed E-state index contributed by atoms with van der Waals surface area (Å²) in [5.41, 5.74) is 0. The molecule has 0 spiro atoms. The Morgan fingerprint density at radius 1 is 1.31 bits per heavy atom. The highest BCUT2D eigenvalue weighted by Crippen LogP contribution is 2.33. The SMILES string of the molecule is FC(F)=CCCSc1cc2ccccc2s1. The van der Waals surface area contributed by atoms with Gasteiger partial charge in [-0.1, -0.05) is 18.2 Å². The molecule has 2 aromatic rings. The average molecular weight is 256 g/mol. The van der Waals surface area contributed by atoms with Gasteiger partial charge in [-0.3, -0.25) is 0 Å². The van der Waals surface area contributed by atoms with Gasteiger partial charge in [0.1, 0.15) is 0 Å². The molecular weight excluding hydrogens is 246 g/mol. The molecule has 1 aromatic carbocycles. The van der Waals surface area contributed by atoms with Crippen molar-refractivity contribution in [2.75, 3.05) is 5.75 Å². The lowest BCUT2D eigenvalue weighted by Crippen LogP contribution is -1.73. The highest BCUT2D eigenvalue weighted by Gasteiger charge is 2.00. The molecule has 1 aromatic heterocycles. The van der Waals surface area contributed by atoms with E-state index < -0.39 is 6.08 Å². The van der Waals surface area contributed by atoms with Gasteiger partial charge in [0.15, 0.2) is 0 Å². The van der Waals surface area contributed by atoms with E-state index in [1.54, 1.807) is 23.1 Å². The molecule has 0 N–H and O–H groups in total. The summed E-state index contributed by atoms with van der Waals surface area (Å²) in [6.45, 7) is 0. The number of hydrogen-bond donors (Lipinski definition) is 0. The van der Waals surface area contributed by atoms with Crippen molar-refractivity contribution in [3.05, 3.63) is 42.5 Å². The lowest BCUT2D eigenvalue weighted by molar-refractivity contribution is 0.418. The lowest BCUT2D eigenvalue weighted by atomic mass is 10.3. The van der Waals surface area contributed by atoms with Crippen LogP contribution >= 0.6 is 23.1 Å². The van der Waals surface area contributed by atoms with E-state index in [9.17, 15) is 8.78 Å². The lowest BCUT2D eigenvalue weighted by Gasteiger charge is -1.92. The van der Waals surface area contributed by atoms with Crippen LogP contribution in [0.4, 0.5) is 8.78 Å². The third-order valence-electron chi connectivity index (χ3n) is 2.06.